The lowest BCUT2D eigenvalue weighted by molar-refractivity contribution is 0.129. The minimum absolute atomic E-state index is 0.353. The van der Waals surface area contributed by atoms with E-state index >= 15 is 0 Å². The van der Waals surface area contributed by atoms with Crippen LogP contribution in [0, 0.1) is 5.92 Å². The predicted molar refractivity (Wildman–Crippen MR) is 71.1 cm³/mol. The summed E-state index contributed by atoms with van der Waals surface area (Å²) in [6, 6.07) is 8.11. The number of hydrogen-bond acceptors (Lipinski definition) is 2. The van der Waals surface area contributed by atoms with Crippen molar-refractivity contribution in [2.75, 3.05) is 13.1 Å². The van der Waals surface area contributed by atoms with Gasteiger partial charge in [0, 0.05) is 12.6 Å². The second-order valence-corrected chi connectivity index (χ2v) is 5.18. The topological polar surface area (TPSA) is 23.5 Å². The highest BCUT2D eigenvalue weighted by atomic mass is 16.3. The maximum Gasteiger partial charge on any atom is 0.115 e. The van der Waals surface area contributed by atoms with E-state index in [9.17, 15) is 5.11 Å². The van der Waals surface area contributed by atoms with Crippen LogP contribution in [-0.2, 0) is 0 Å². The molecule has 1 fully saturated rings. The number of phenols is 1. The summed E-state index contributed by atoms with van der Waals surface area (Å²) in [6.45, 7) is 6.99. The summed E-state index contributed by atoms with van der Waals surface area (Å²) in [7, 11) is 0. The molecule has 2 nitrogen and oxygen atoms in total. The van der Waals surface area contributed by atoms with E-state index in [2.05, 4.69) is 18.7 Å². The number of piperidine rings is 1. The molecule has 2 atom stereocenters. The quantitative estimate of drug-likeness (QED) is 0.862. The zero-order valence-electron chi connectivity index (χ0n) is 10.9. The Morgan fingerprint density at radius 3 is 2.71 bits per heavy atom. The van der Waals surface area contributed by atoms with Gasteiger partial charge >= 0.3 is 0 Å². The van der Waals surface area contributed by atoms with Crippen LogP contribution in [0.3, 0.4) is 0 Å². The van der Waals surface area contributed by atoms with Crippen molar-refractivity contribution in [3.05, 3.63) is 29.8 Å². The lowest BCUT2D eigenvalue weighted by Crippen LogP contribution is -2.37. The van der Waals surface area contributed by atoms with Gasteiger partial charge in [0.25, 0.3) is 0 Å². The van der Waals surface area contributed by atoms with Crippen molar-refractivity contribution in [1.29, 1.82) is 0 Å². The Kier molecular flexibility index (Phi) is 4.06. The standard InChI is InChI=1S/C15H23NO/c1-3-13-5-4-10-16(11-13)12(2)14-6-8-15(17)9-7-14/h6-9,12-13,17H,3-5,10-11H2,1-2H3. The summed E-state index contributed by atoms with van der Waals surface area (Å²) < 4.78 is 0. The first-order chi connectivity index (χ1) is 8.20. The van der Waals surface area contributed by atoms with Crippen molar-refractivity contribution in [1.82, 2.24) is 4.90 Å². The van der Waals surface area contributed by atoms with Crippen molar-refractivity contribution in [3.63, 3.8) is 0 Å². The average Bonchev–Trinajstić information content (AvgIpc) is 2.39. The molecule has 0 saturated carbocycles. The van der Waals surface area contributed by atoms with Crippen molar-refractivity contribution >= 4 is 0 Å². The van der Waals surface area contributed by atoms with Gasteiger partial charge in [-0.2, -0.15) is 0 Å². The second-order valence-electron chi connectivity index (χ2n) is 5.18. The van der Waals surface area contributed by atoms with Crippen molar-refractivity contribution in [2.45, 2.75) is 39.2 Å². The van der Waals surface area contributed by atoms with Crippen LogP contribution in [0.5, 0.6) is 5.75 Å². The Morgan fingerprint density at radius 2 is 2.06 bits per heavy atom. The summed E-state index contributed by atoms with van der Waals surface area (Å²) in [5, 5.41) is 9.32. The van der Waals surface area contributed by atoms with E-state index in [0.29, 0.717) is 11.8 Å². The van der Waals surface area contributed by atoms with Crippen LogP contribution in [0.1, 0.15) is 44.7 Å². The molecule has 2 heteroatoms. The smallest absolute Gasteiger partial charge is 0.115 e. The Morgan fingerprint density at radius 1 is 1.35 bits per heavy atom. The molecule has 0 aromatic heterocycles. The molecule has 1 aromatic carbocycles. The van der Waals surface area contributed by atoms with Gasteiger partial charge in [-0.25, -0.2) is 0 Å². The van der Waals surface area contributed by atoms with Crippen LogP contribution in [0.4, 0.5) is 0 Å². The Hall–Kier alpha value is -1.02. The van der Waals surface area contributed by atoms with Crippen LogP contribution < -0.4 is 0 Å². The molecule has 2 rings (SSSR count). The van der Waals surface area contributed by atoms with Crippen molar-refractivity contribution < 1.29 is 5.11 Å². The minimum atomic E-state index is 0.353. The highest BCUT2D eigenvalue weighted by molar-refractivity contribution is 5.27. The summed E-state index contributed by atoms with van der Waals surface area (Å²) in [4.78, 5) is 2.57. The van der Waals surface area contributed by atoms with E-state index in [1.165, 1.54) is 37.9 Å². The minimum Gasteiger partial charge on any atom is -0.508 e. The summed E-state index contributed by atoms with van der Waals surface area (Å²) in [5.41, 5.74) is 1.31. The molecule has 0 aliphatic carbocycles. The fraction of sp³-hybridized carbons (Fsp3) is 0.600. The van der Waals surface area contributed by atoms with Gasteiger partial charge in [0.2, 0.25) is 0 Å². The molecule has 1 saturated heterocycles. The van der Waals surface area contributed by atoms with Gasteiger partial charge in [0.1, 0.15) is 5.75 Å². The molecule has 0 radical (unpaired) electrons. The Bertz CT molecular complexity index is 346. The predicted octanol–water partition coefficient (Wildman–Crippen LogP) is 3.58. The van der Waals surface area contributed by atoms with Crippen LogP contribution in [-0.4, -0.2) is 23.1 Å². The summed E-state index contributed by atoms with van der Waals surface area (Å²) >= 11 is 0. The third kappa shape index (κ3) is 3.01. The Labute approximate surface area is 104 Å². The molecule has 0 bridgehead atoms. The van der Waals surface area contributed by atoms with Crippen LogP contribution in [0.2, 0.25) is 0 Å². The number of rotatable bonds is 3. The van der Waals surface area contributed by atoms with E-state index in [4.69, 9.17) is 0 Å². The van der Waals surface area contributed by atoms with Gasteiger partial charge in [0.05, 0.1) is 0 Å². The number of aromatic hydroxyl groups is 1. The lowest BCUT2D eigenvalue weighted by Gasteiger charge is -2.36. The molecule has 94 valence electrons. The molecule has 1 aromatic rings. The molecule has 17 heavy (non-hydrogen) atoms. The largest absolute Gasteiger partial charge is 0.508 e. The highest BCUT2D eigenvalue weighted by Gasteiger charge is 2.23. The fourth-order valence-electron chi connectivity index (χ4n) is 2.75. The van der Waals surface area contributed by atoms with Gasteiger partial charge in [-0.05, 0) is 49.9 Å². The third-order valence-electron chi connectivity index (χ3n) is 4.05. The first-order valence-corrected chi connectivity index (χ1v) is 6.73. The van der Waals surface area contributed by atoms with E-state index in [1.54, 1.807) is 12.1 Å². The van der Waals surface area contributed by atoms with E-state index in [-0.39, 0.29) is 0 Å². The number of phenolic OH excluding ortho intramolecular Hbond substituents is 1. The number of likely N-dealkylation sites (tertiary alicyclic amines) is 1. The number of hydrogen-bond donors (Lipinski definition) is 1. The summed E-state index contributed by atoms with van der Waals surface area (Å²) in [5.74, 6) is 1.22. The van der Waals surface area contributed by atoms with Crippen LogP contribution in [0.25, 0.3) is 0 Å². The van der Waals surface area contributed by atoms with Crippen LogP contribution >= 0.6 is 0 Å². The molecule has 1 aliphatic rings. The molecule has 1 aliphatic heterocycles. The molecule has 1 N–H and O–H groups in total. The molecule has 0 amide bonds. The van der Waals surface area contributed by atoms with Gasteiger partial charge in [0.15, 0.2) is 0 Å². The van der Waals surface area contributed by atoms with Gasteiger partial charge in [-0.15, -0.1) is 0 Å². The SMILES string of the molecule is CCC1CCCN(C(C)c2ccc(O)cc2)C1. The Balaban J connectivity index is 2.03. The molecular formula is C15H23NO. The van der Waals surface area contributed by atoms with Gasteiger partial charge in [-0.1, -0.05) is 25.5 Å². The first kappa shape index (κ1) is 12.4. The van der Waals surface area contributed by atoms with E-state index < -0.39 is 0 Å². The molecular weight excluding hydrogens is 210 g/mol. The average molecular weight is 233 g/mol. The van der Waals surface area contributed by atoms with E-state index in [0.717, 1.165) is 5.92 Å². The van der Waals surface area contributed by atoms with Gasteiger partial charge < -0.3 is 5.11 Å². The maximum absolute atomic E-state index is 9.32. The fourth-order valence-corrected chi connectivity index (χ4v) is 2.75. The normalized spacial score (nSPS) is 23.5. The molecule has 2 unspecified atom stereocenters. The zero-order valence-corrected chi connectivity index (χ0v) is 10.9. The zero-order chi connectivity index (χ0) is 12.3. The van der Waals surface area contributed by atoms with Crippen molar-refractivity contribution in [3.8, 4) is 5.75 Å². The molecule has 1 heterocycles. The second kappa shape index (κ2) is 5.54. The summed E-state index contributed by atoms with van der Waals surface area (Å²) in [6.07, 6.45) is 4.00. The maximum atomic E-state index is 9.32. The molecule has 0 spiro atoms. The van der Waals surface area contributed by atoms with Gasteiger partial charge in [-0.3, -0.25) is 4.90 Å². The third-order valence-corrected chi connectivity index (χ3v) is 4.05. The number of benzene rings is 1. The highest BCUT2D eigenvalue weighted by Crippen LogP contribution is 2.28. The van der Waals surface area contributed by atoms with Crippen LogP contribution in [0.15, 0.2) is 24.3 Å². The van der Waals surface area contributed by atoms with E-state index in [1.807, 2.05) is 12.1 Å². The monoisotopic (exact) mass is 233 g/mol. The first-order valence-electron chi connectivity index (χ1n) is 6.73. The van der Waals surface area contributed by atoms with Crippen molar-refractivity contribution in [2.24, 2.45) is 5.92 Å². The number of nitrogens with zero attached hydrogens (tertiary/aromatic N) is 1. The lowest BCUT2D eigenvalue weighted by atomic mass is 9.93.